The lowest BCUT2D eigenvalue weighted by Gasteiger charge is -2.37. The minimum Gasteiger partial charge on any atom is -0.337 e. The van der Waals surface area contributed by atoms with E-state index in [0.717, 1.165) is 6.54 Å². The largest absolute Gasteiger partial charge is 0.337 e. The van der Waals surface area contributed by atoms with Gasteiger partial charge in [0.2, 0.25) is 0 Å². The van der Waals surface area contributed by atoms with Gasteiger partial charge in [-0.05, 0) is 128 Å². The van der Waals surface area contributed by atoms with Crippen molar-refractivity contribution < 1.29 is 0 Å². The molecule has 0 unspecified atom stereocenters. The molecule has 1 spiro atoms. The highest BCUT2D eigenvalue weighted by atomic mass is 15.2. The van der Waals surface area contributed by atoms with Crippen LogP contribution in [0.5, 0.6) is 0 Å². The van der Waals surface area contributed by atoms with E-state index in [-0.39, 0.29) is 10.8 Å². The number of para-hydroxylation sites is 3. The quantitative estimate of drug-likeness (QED) is 0.164. The average molecular weight is 773 g/mol. The van der Waals surface area contributed by atoms with Crippen LogP contribution in [-0.4, -0.2) is 6.54 Å². The van der Waals surface area contributed by atoms with Crippen LogP contribution in [0.2, 0.25) is 0 Å². The molecule has 0 bridgehead atoms. The van der Waals surface area contributed by atoms with Crippen molar-refractivity contribution in [1.82, 2.24) is 0 Å². The molecule has 2 heterocycles. The molecule has 290 valence electrons. The van der Waals surface area contributed by atoms with Gasteiger partial charge in [0, 0.05) is 34.4 Å². The molecule has 2 heteroatoms. The van der Waals surface area contributed by atoms with Gasteiger partial charge in [-0.3, -0.25) is 0 Å². The zero-order chi connectivity index (χ0) is 40.0. The normalized spacial score (nSPS) is 17.1. The van der Waals surface area contributed by atoms with Crippen LogP contribution >= 0.6 is 0 Å². The van der Waals surface area contributed by atoms with E-state index in [0.29, 0.717) is 0 Å². The van der Waals surface area contributed by atoms with Gasteiger partial charge < -0.3 is 9.80 Å². The first-order valence-electron chi connectivity index (χ1n) is 21.9. The van der Waals surface area contributed by atoms with Crippen LogP contribution in [0.4, 0.5) is 28.4 Å². The van der Waals surface area contributed by atoms with Crippen molar-refractivity contribution in [2.45, 2.75) is 56.8 Å². The Kier molecular flexibility index (Phi) is 7.91. The van der Waals surface area contributed by atoms with E-state index in [9.17, 15) is 0 Å². The smallest absolute Gasteiger partial charge is 0.0534 e. The monoisotopic (exact) mass is 772 g/mol. The Morgan fingerprint density at radius 3 is 1.58 bits per heavy atom. The van der Waals surface area contributed by atoms with Gasteiger partial charge in [-0.25, -0.2) is 0 Å². The summed E-state index contributed by atoms with van der Waals surface area (Å²) in [5, 5.41) is 0. The highest BCUT2D eigenvalue weighted by molar-refractivity contribution is 5.95. The van der Waals surface area contributed by atoms with Crippen LogP contribution in [-0.2, 0) is 10.8 Å². The number of nitrogens with zero attached hydrogens (tertiary/aromatic N) is 2. The molecule has 7 aromatic rings. The first-order valence-corrected chi connectivity index (χ1v) is 21.9. The Morgan fingerprint density at radius 1 is 0.450 bits per heavy atom. The maximum absolute atomic E-state index is 2.55. The highest BCUT2D eigenvalue weighted by Gasteiger charge is 2.44. The molecule has 5 aliphatic rings. The Labute approximate surface area is 354 Å². The summed E-state index contributed by atoms with van der Waals surface area (Å²) >= 11 is 0. The summed E-state index contributed by atoms with van der Waals surface area (Å²) in [5.74, 6) is 0. The van der Waals surface area contributed by atoms with Gasteiger partial charge in [-0.15, -0.1) is 0 Å². The van der Waals surface area contributed by atoms with Crippen LogP contribution in [0, 0.1) is 0 Å². The summed E-state index contributed by atoms with van der Waals surface area (Å²) in [6.07, 6.45) is 20.0. The first kappa shape index (κ1) is 35.3. The van der Waals surface area contributed by atoms with Crippen LogP contribution in [0.25, 0.3) is 52.6 Å². The standard InChI is InChI=1S/C58H48N2/c1-57(2)50-35-39(22-28-46(50)47-30-26-44(37-51(47)57)59-34-12-16-41-13-4-7-17-54(41)59)20-21-40-23-29-48-49-31-27-45(38-53(49)58(52(48)36-40)32-10-3-11-33-58)60-55-18-8-5-14-42(55)24-25-43-15-6-9-19-56(43)60/h4-9,12-31,35-38H,3,10-11,32-34H2,1-2H3/b21-20+. The molecule has 0 aromatic heterocycles. The molecule has 0 amide bonds. The third-order valence-corrected chi connectivity index (χ3v) is 14.4. The molecule has 2 aliphatic heterocycles. The van der Waals surface area contributed by atoms with Gasteiger partial charge in [-0.2, -0.15) is 0 Å². The summed E-state index contributed by atoms with van der Waals surface area (Å²) in [6.45, 7) is 5.68. The Bertz CT molecular complexity index is 2940. The molecular weight excluding hydrogens is 725 g/mol. The van der Waals surface area contributed by atoms with Gasteiger partial charge >= 0.3 is 0 Å². The maximum atomic E-state index is 2.55. The van der Waals surface area contributed by atoms with E-state index < -0.39 is 0 Å². The fourth-order valence-corrected chi connectivity index (χ4v) is 11.4. The van der Waals surface area contributed by atoms with Crippen molar-refractivity contribution in [3.05, 3.63) is 202 Å². The lowest BCUT2D eigenvalue weighted by Crippen LogP contribution is -2.28. The minimum absolute atomic E-state index is 0.0285. The summed E-state index contributed by atoms with van der Waals surface area (Å²) in [5.41, 5.74) is 23.8. The molecule has 1 fully saturated rings. The molecule has 0 atom stereocenters. The third kappa shape index (κ3) is 5.33. The average Bonchev–Trinajstić information content (AvgIpc) is 3.58. The van der Waals surface area contributed by atoms with Gasteiger partial charge in [0.1, 0.15) is 0 Å². The number of hydrogen-bond donors (Lipinski definition) is 0. The Balaban J connectivity index is 0.874. The van der Waals surface area contributed by atoms with Crippen LogP contribution in [0.1, 0.15) is 96.0 Å². The van der Waals surface area contributed by atoms with Crippen molar-refractivity contribution in [2.24, 2.45) is 0 Å². The topological polar surface area (TPSA) is 6.48 Å². The number of anilines is 5. The second-order valence-corrected chi connectivity index (χ2v) is 18.0. The SMILES string of the molecule is CC1(C)c2cc(/C=C/c3ccc4c(c3)C3(CCCCC3)c3cc(N5c6ccccc6C=Cc6ccccc65)ccc3-4)ccc2-c2ccc(N3CC=Cc4ccccc43)cc21. The summed E-state index contributed by atoms with van der Waals surface area (Å²) in [7, 11) is 0. The van der Waals surface area contributed by atoms with Crippen molar-refractivity contribution in [1.29, 1.82) is 0 Å². The zero-order valence-corrected chi connectivity index (χ0v) is 34.5. The molecule has 0 radical (unpaired) electrons. The molecule has 60 heavy (non-hydrogen) atoms. The van der Waals surface area contributed by atoms with E-state index >= 15 is 0 Å². The van der Waals surface area contributed by atoms with E-state index in [1.165, 1.54) is 133 Å². The van der Waals surface area contributed by atoms with Crippen molar-refractivity contribution >= 4 is 58.8 Å². The summed E-state index contributed by atoms with van der Waals surface area (Å²) in [4.78, 5) is 4.93. The minimum atomic E-state index is -0.102. The predicted molar refractivity (Wildman–Crippen MR) is 255 cm³/mol. The van der Waals surface area contributed by atoms with E-state index in [2.05, 4.69) is 206 Å². The van der Waals surface area contributed by atoms with Crippen molar-refractivity contribution in [3.63, 3.8) is 0 Å². The molecule has 2 nitrogen and oxygen atoms in total. The van der Waals surface area contributed by atoms with Gasteiger partial charge in [0.15, 0.2) is 0 Å². The number of fused-ring (bicyclic) bond motifs is 11. The van der Waals surface area contributed by atoms with E-state index in [4.69, 9.17) is 0 Å². The van der Waals surface area contributed by atoms with E-state index in [1.807, 2.05) is 0 Å². The number of benzene rings is 7. The van der Waals surface area contributed by atoms with E-state index in [1.54, 1.807) is 0 Å². The molecule has 7 aromatic carbocycles. The first-order chi connectivity index (χ1) is 29.5. The van der Waals surface area contributed by atoms with Gasteiger partial charge in [-0.1, -0.05) is 173 Å². The van der Waals surface area contributed by atoms with Crippen LogP contribution in [0.3, 0.4) is 0 Å². The van der Waals surface area contributed by atoms with Crippen LogP contribution < -0.4 is 9.80 Å². The molecule has 0 N–H and O–H groups in total. The Morgan fingerprint density at radius 2 is 0.933 bits per heavy atom. The molecule has 12 rings (SSSR count). The molecular formula is C58H48N2. The fourth-order valence-electron chi connectivity index (χ4n) is 11.4. The number of hydrogen-bond acceptors (Lipinski definition) is 2. The van der Waals surface area contributed by atoms with Crippen LogP contribution in [0.15, 0.2) is 152 Å². The number of rotatable bonds is 4. The maximum Gasteiger partial charge on any atom is 0.0534 e. The molecule has 1 saturated carbocycles. The second kappa shape index (κ2) is 13.4. The van der Waals surface area contributed by atoms with Crippen molar-refractivity contribution in [3.8, 4) is 22.3 Å². The molecule has 0 saturated heterocycles. The fraction of sp³-hybridized carbons (Fsp3) is 0.172. The Hall–Kier alpha value is -6.64. The van der Waals surface area contributed by atoms with Gasteiger partial charge in [0.05, 0.1) is 11.4 Å². The van der Waals surface area contributed by atoms with Crippen molar-refractivity contribution in [2.75, 3.05) is 16.3 Å². The molecule has 3 aliphatic carbocycles. The predicted octanol–water partition coefficient (Wildman–Crippen LogP) is 15.5. The summed E-state index contributed by atoms with van der Waals surface area (Å²) in [6, 6.07) is 55.1. The van der Waals surface area contributed by atoms with Gasteiger partial charge in [0.25, 0.3) is 0 Å². The lowest BCUT2D eigenvalue weighted by molar-refractivity contribution is 0.353. The lowest BCUT2D eigenvalue weighted by atomic mass is 9.67. The third-order valence-electron chi connectivity index (χ3n) is 14.4. The second-order valence-electron chi connectivity index (χ2n) is 18.0. The summed E-state index contributed by atoms with van der Waals surface area (Å²) < 4.78 is 0. The zero-order valence-electron chi connectivity index (χ0n) is 34.5. The highest BCUT2D eigenvalue weighted by Crippen LogP contribution is 2.58.